The van der Waals surface area contributed by atoms with Crippen LogP contribution in [0.5, 0.6) is 5.75 Å². The number of halogens is 1. The third-order valence-electron chi connectivity index (χ3n) is 3.35. The molecule has 0 aliphatic rings. The van der Waals surface area contributed by atoms with E-state index in [1.807, 2.05) is 6.92 Å². The van der Waals surface area contributed by atoms with E-state index in [1.54, 1.807) is 24.5 Å². The van der Waals surface area contributed by atoms with Crippen LogP contribution in [0.2, 0.25) is 5.02 Å². The minimum atomic E-state index is -3.61. The molecule has 1 aromatic carbocycles. The minimum Gasteiger partial charge on any atom is -0.482 e. The van der Waals surface area contributed by atoms with Crippen LogP contribution in [0.3, 0.4) is 0 Å². The van der Waals surface area contributed by atoms with Crippen LogP contribution < -0.4 is 14.8 Å². The van der Waals surface area contributed by atoms with Gasteiger partial charge in [0.15, 0.2) is 6.61 Å². The fraction of sp³-hybridized carbons (Fsp3) is 0.294. The van der Waals surface area contributed by atoms with Crippen LogP contribution >= 0.6 is 11.6 Å². The standard InChI is InChI=1S/C17H20ClN3O4S/c1-2-7-21-26(23,24)14-3-4-16(15(18)10-14)25-12-17(22)20-11-13-5-8-19-9-6-13/h3-6,8-10,21H,2,7,11-12H2,1H3,(H,20,22). The lowest BCUT2D eigenvalue weighted by atomic mass is 10.3. The first-order chi connectivity index (χ1) is 12.4. The Morgan fingerprint density at radius 1 is 1.23 bits per heavy atom. The predicted molar refractivity (Wildman–Crippen MR) is 98.5 cm³/mol. The second-order valence-corrected chi connectivity index (χ2v) is 7.59. The van der Waals surface area contributed by atoms with Crippen LogP contribution in [-0.4, -0.2) is 32.5 Å². The number of aromatic nitrogens is 1. The van der Waals surface area contributed by atoms with Crippen LogP contribution in [0.25, 0.3) is 0 Å². The van der Waals surface area contributed by atoms with E-state index in [2.05, 4.69) is 15.0 Å². The zero-order valence-corrected chi connectivity index (χ0v) is 15.8. The lowest BCUT2D eigenvalue weighted by Crippen LogP contribution is -2.28. The SMILES string of the molecule is CCCNS(=O)(=O)c1ccc(OCC(=O)NCc2ccncc2)c(Cl)c1. The predicted octanol–water partition coefficient (Wildman–Crippen LogP) is 2.12. The van der Waals surface area contributed by atoms with Crippen LogP contribution in [0.4, 0.5) is 0 Å². The van der Waals surface area contributed by atoms with E-state index in [0.717, 1.165) is 5.56 Å². The molecule has 0 saturated carbocycles. The van der Waals surface area contributed by atoms with Crippen molar-refractivity contribution in [2.24, 2.45) is 0 Å². The van der Waals surface area contributed by atoms with Gasteiger partial charge in [0.1, 0.15) is 5.75 Å². The quantitative estimate of drug-likeness (QED) is 0.675. The van der Waals surface area contributed by atoms with E-state index in [4.69, 9.17) is 16.3 Å². The van der Waals surface area contributed by atoms with Gasteiger partial charge in [-0.05, 0) is 42.3 Å². The summed E-state index contributed by atoms with van der Waals surface area (Å²) in [5.41, 5.74) is 0.917. The molecule has 0 bridgehead atoms. The second kappa shape index (κ2) is 9.51. The fourth-order valence-corrected chi connectivity index (χ4v) is 3.44. The van der Waals surface area contributed by atoms with Crippen LogP contribution in [0.1, 0.15) is 18.9 Å². The normalized spacial score (nSPS) is 11.2. The van der Waals surface area contributed by atoms with Gasteiger partial charge in [-0.3, -0.25) is 9.78 Å². The minimum absolute atomic E-state index is 0.0467. The summed E-state index contributed by atoms with van der Waals surface area (Å²) in [6, 6.07) is 7.70. The molecule has 1 heterocycles. The second-order valence-electron chi connectivity index (χ2n) is 5.41. The van der Waals surface area contributed by atoms with Crippen LogP contribution in [0.15, 0.2) is 47.6 Å². The molecule has 140 valence electrons. The van der Waals surface area contributed by atoms with E-state index >= 15 is 0 Å². The topological polar surface area (TPSA) is 97.4 Å². The molecule has 0 spiro atoms. The molecule has 1 aromatic heterocycles. The molecule has 7 nitrogen and oxygen atoms in total. The number of pyridine rings is 1. The molecule has 0 saturated heterocycles. The van der Waals surface area contributed by atoms with Gasteiger partial charge in [-0.25, -0.2) is 13.1 Å². The third-order valence-corrected chi connectivity index (χ3v) is 5.11. The summed E-state index contributed by atoms with van der Waals surface area (Å²) in [5, 5.41) is 2.82. The van der Waals surface area contributed by atoms with E-state index in [-0.39, 0.29) is 28.2 Å². The Morgan fingerprint density at radius 2 is 1.96 bits per heavy atom. The Bertz CT molecular complexity index is 844. The molecule has 0 radical (unpaired) electrons. The number of sulfonamides is 1. The number of nitrogens with zero attached hydrogens (tertiary/aromatic N) is 1. The number of carbonyl (C=O) groups is 1. The Kier molecular flexibility index (Phi) is 7.38. The molecular weight excluding hydrogens is 378 g/mol. The molecule has 0 fully saturated rings. The van der Waals surface area contributed by atoms with E-state index in [9.17, 15) is 13.2 Å². The van der Waals surface area contributed by atoms with Crippen molar-refractivity contribution in [1.82, 2.24) is 15.0 Å². The van der Waals surface area contributed by atoms with Crippen molar-refractivity contribution in [3.8, 4) is 5.75 Å². The maximum absolute atomic E-state index is 12.1. The number of rotatable bonds is 9. The number of nitrogens with one attached hydrogen (secondary N) is 2. The van der Waals surface area contributed by atoms with Crippen molar-refractivity contribution in [3.63, 3.8) is 0 Å². The van der Waals surface area contributed by atoms with Gasteiger partial charge in [0.05, 0.1) is 9.92 Å². The summed E-state index contributed by atoms with van der Waals surface area (Å²) in [7, 11) is -3.61. The lowest BCUT2D eigenvalue weighted by Gasteiger charge is -2.11. The van der Waals surface area contributed by atoms with Crippen molar-refractivity contribution in [2.75, 3.05) is 13.2 Å². The first-order valence-electron chi connectivity index (χ1n) is 8.00. The monoisotopic (exact) mass is 397 g/mol. The summed E-state index contributed by atoms with van der Waals surface area (Å²) >= 11 is 6.07. The van der Waals surface area contributed by atoms with E-state index < -0.39 is 10.0 Å². The largest absolute Gasteiger partial charge is 0.482 e. The molecule has 2 rings (SSSR count). The first-order valence-corrected chi connectivity index (χ1v) is 9.86. The molecular formula is C17H20ClN3O4S. The van der Waals surface area contributed by atoms with Gasteiger partial charge in [0.2, 0.25) is 10.0 Å². The molecule has 0 unspecified atom stereocenters. The average Bonchev–Trinajstić information content (AvgIpc) is 2.64. The maximum Gasteiger partial charge on any atom is 0.258 e. The fourth-order valence-electron chi connectivity index (χ4n) is 1.98. The summed E-state index contributed by atoms with van der Waals surface area (Å²) in [5.74, 6) is -0.0839. The Hall–Kier alpha value is -2.16. The van der Waals surface area contributed by atoms with Gasteiger partial charge in [0, 0.05) is 25.5 Å². The van der Waals surface area contributed by atoms with Gasteiger partial charge in [0.25, 0.3) is 5.91 Å². The highest BCUT2D eigenvalue weighted by atomic mass is 35.5. The first kappa shape index (κ1) is 20.2. The summed E-state index contributed by atoms with van der Waals surface area (Å²) < 4.78 is 31.9. The van der Waals surface area contributed by atoms with Gasteiger partial charge < -0.3 is 10.1 Å². The Morgan fingerprint density at radius 3 is 2.62 bits per heavy atom. The lowest BCUT2D eigenvalue weighted by molar-refractivity contribution is -0.123. The summed E-state index contributed by atoms with van der Waals surface area (Å²) in [6.07, 6.45) is 3.97. The maximum atomic E-state index is 12.1. The number of amides is 1. The molecule has 26 heavy (non-hydrogen) atoms. The Labute approximate surface area is 157 Å². The van der Waals surface area contributed by atoms with Crippen molar-refractivity contribution in [2.45, 2.75) is 24.8 Å². The van der Waals surface area contributed by atoms with Gasteiger partial charge >= 0.3 is 0 Å². The number of ether oxygens (including phenoxy) is 1. The van der Waals surface area contributed by atoms with Crippen LogP contribution in [0, 0.1) is 0 Å². The molecule has 2 N–H and O–H groups in total. The zero-order valence-electron chi connectivity index (χ0n) is 14.2. The number of hydrogen-bond acceptors (Lipinski definition) is 5. The van der Waals surface area contributed by atoms with E-state index in [1.165, 1.54) is 18.2 Å². The number of benzene rings is 1. The van der Waals surface area contributed by atoms with Crippen molar-refractivity contribution < 1.29 is 17.9 Å². The highest BCUT2D eigenvalue weighted by molar-refractivity contribution is 7.89. The smallest absolute Gasteiger partial charge is 0.258 e. The number of hydrogen-bond donors (Lipinski definition) is 2. The number of carbonyl (C=O) groups excluding carboxylic acids is 1. The Balaban J connectivity index is 1.90. The molecule has 0 aliphatic carbocycles. The third kappa shape index (κ3) is 5.98. The van der Waals surface area contributed by atoms with Crippen molar-refractivity contribution >= 4 is 27.5 Å². The summed E-state index contributed by atoms with van der Waals surface area (Å²) in [6.45, 7) is 2.34. The van der Waals surface area contributed by atoms with Crippen molar-refractivity contribution in [1.29, 1.82) is 0 Å². The van der Waals surface area contributed by atoms with Gasteiger partial charge in [-0.1, -0.05) is 18.5 Å². The van der Waals surface area contributed by atoms with Gasteiger partial charge in [-0.15, -0.1) is 0 Å². The molecule has 9 heteroatoms. The van der Waals surface area contributed by atoms with Gasteiger partial charge in [-0.2, -0.15) is 0 Å². The molecule has 1 amide bonds. The molecule has 2 aromatic rings. The highest BCUT2D eigenvalue weighted by Gasteiger charge is 2.15. The summed E-state index contributed by atoms with van der Waals surface area (Å²) in [4.78, 5) is 15.8. The van der Waals surface area contributed by atoms with E-state index in [0.29, 0.717) is 19.5 Å². The average molecular weight is 398 g/mol. The molecule has 0 atom stereocenters. The van der Waals surface area contributed by atoms with Crippen LogP contribution in [-0.2, 0) is 21.4 Å². The molecule has 0 aliphatic heterocycles. The zero-order chi connectivity index (χ0) is 19.0. The van der Waals surface area contributed by atoms with Crippen molar-refractivity contribution in [3.05, 3.63) is 53.3 Å². The highest BCUT2D eigenvalue weighted by Crippen LogP contribution is 2.27.